The number of hydrogen-bond donors (Lipinski definition) is 1. The molecule has 2 aromatic rings. The molecular weight excluding hydrogens is 214 g/mol. The van der Waals surface area contributed by atoms with E-state index in [1.165, 1.54) is 0 Å². The van der Waals surface area contributed by atoms with E-state index >= 15 is 0 Å². The van der Waals surface area contributed by atoms with E-state index in [4.69, 9.17) is 5.73 Å². The van der Waals surface area contributed by atoms with Gasteiger partial charge in [0.1, 0.15) is 0 Å². The molecule has 0 aliphatic rings. The molecule has 0 saturated carbocycles. The molecule has 2 heterocycles. The molecule has 5 nitrogen and oxygen atoms in total. The van der Waals surface area contributed by atoms with Gasteiger partial charge in [0.25, 0.3) is 0 Å². The van der Waals surface area contributed by atoms with Crippen LogP contribution >= 0.6 is 0 Å². The molecule has 0 unspecified atom stereocenters. The summed E-state index contributed by atoms with van der Waals surface area (Å²) in [6.45, 7) is 2.96. The second-order valence-corrected chi connectivity index (χ2v) is 4.26. The van der Waals surface area contributed by atoms with E-state index in [-0.39, 0.29) is 6.04 Å². The summed E-state index contributed by atoms with van der Waals surface area (Å²) < 4.78 is 3.94. The van der Waals surface area contributed by atoms with E-state index in [1.54, 1.807) is 0 Å². The standard InChI is InChI=1S/C12H19N5/c1-3-11(13)12-8-14-9-17(12)7-5-10-4-6-16(2)15-10/h4,6,8-9,11H,3,5,7,13H2,1-2H3/t11-/m1/s1. The molecule has 0 bridgehead atoms. The first-order chi connectivity index (χ1) is 8.20. The Hall–Kier alpha value is -1.62. The van der Waals surface area contributed by atoms with E-state index in [0.29, 0.717) is 0 Å². The number of aryl methyl sites for hydroxylation is 3. The van der Waals surface area contributed by atoms with Crippen LogP contribution in [0.3, 0.4) is 0 Å². The maximum absolute atomic E-state index is 6.03. The molecule has 0 amide bonds. The predicted molar refractivity (Wildman–Crippen MR) is 66.4 cm³/mol. The number of nitrogens with two attached hydrogens (primary N) is 1. The summed E-state index contributed by atoms with van der Waals surface area (Å²) in [6.07, 6.45) is 7.48. The largest absolute Gasteiger partial charge is 0.333 e. The topological polar surface area (TPSA) is 61.7 Å². The molecule has 2 N–H and O–H groups in total. The molecular formula is C12H19N5. The Bertz CT molecular complexity index is 471. The number of rotatable bonds is 5. The summed E-state index contributed by atoms with van der Waals surface area (Å²) in [4.78, 5) is 4.17. The van der Waals surface area contributed by atoms with Crippen LogP contribution < -0.4 is 5.73 Å². The van der Waals surface area contributed by atoms with Crippen LogP contribution in [0, 0.1) is 0 Å². The molecule has 5 heteroatoms. The van der Waals surface area contributed by atoms with Crippen LogP contribution in [0.4, 0.5) is 0 Å². The Morgan fingerprint density at radius 2 is 2.29 bits per heavy atom. The Labute approximate surface area is 101 Å². The van der Waals surface area contributed by atoms with Gasteiger partial charge in [0.2, 0.25) is 0 Å². The number of nitrogens with zero attached hydrogens (tertiary/aromatic N) is 4. The van der Waals surface area contributed by atoms with E-state index in [9.17, 15) is 0 Å². The zero-order chi connectivity index (χ0) is 12.3. The van der Waals surface area contributed by atoms with Gasteiger partial charge in [-0.2, -0.15) is 5.10 Å². The first-order valence-corrected chi connectivity index (χ1v) is 5.95. The van der Waals surface area contributed by atoms with E-state index in [1.807, 2.05) is 36.5 Å². The number of aromatic nitrogens is 4. The Balaban J connectivity index is 2.01. The van der Waals surface area contributed by atoms with Crippen molar-refractivity contribution in [3.05, 3.63) is 36.2 Å². The summed E-state index contributed by atoms with van der Waals surface area (Å²) >= 11 is 0. The second-order valence-electron chi connectivity index (χ2n) is 4.26. The monoisotopic (exact) mass is 233 g/mol. The fraction of sp³-hybridized carbons (Fsp3) is 0.500. The van der Waals surface area contributed by atoms with Crippen molar-refractivity contribution in [2.45, 2.75) is 32.4 Å². The molecule has 0 fully saturated rings. The Kier molecular flexibility index (Phi) is 3.58. The highest BCUT2D eigenvalue weighted by Gasteiger charge is 2.09. The van der Waals surface area contributed by atoms with Crippen LogP contribution in [0.1, 0.15) is 30.8 Å². The fourth-order valence-electron chi connectivity index (χ4n) is 1.87. The minimum Gasteiger partial charge on any atom is -0.333 e. The zero-order valence-corrected chi connectivity index (χ0v) is 10.4. The highest BCUT2D eigenvalue weighted by molar-refractivity contribution is 5.05. The summed E-state index contributed by atoms with van der Waals surface area (Å²) in [5, 5.41) is 4.36. The van der Waals surface area contributed by atoms with Crippen molar-refractivity contribution in [2.75, 3.05) is 0 Å². The first kappa shape index (κ1) is 11.9. The molecule has 0 saturated heterocycles. The molecule has 0 radical (unpaired) electrons. The Morgan fingerprint density at radius 1 is 1.47 bits per heavy atom. The Morgan fingerprint density at radius 3 is 2.94 bits per heavy atom. The number of imidazole rings is 1. The lowest BCUT2D eigenvalue weighted by Crippen LogP contribution is -2.15. The lowest BCUT2D eigenvalue weighted by atomic mass is 10.2. The van der Waals surface area contributed by atoms with Crippen molar-refractivity contribution in [1.82, 2.24) is 19.3 Å². The van der Waals surface area contributed by atoms with Crippen LogP contribution in [-0.2, 0) is 20.0 Å². The predicted octanol–water partition coefficient (Wildman–Crippen LogP) is 1.27. The minimum absolute atomic E-state index is 0.0706. The van der Waals surface area contributed by atoms with Gasteiger partial charge >= 0.3 is 0 Å². The van der Waals surface area contributed by atoms with Gasteiger partial charge in [-0.05, 0) is 12.5 Å². The first-order valence-electron chi connectivity index (χ1n) is 5.95. The van der Waals surface area contributed by atoms with Gasteiger partial charge < -0.3 is 10.3 Å². The van der Waals surface area contributed by atoms with Gasteiger partial charge in [-0.25, -0.2) is 4.98 Å². The van der Waals surface area contributed by atoms with Crippen molar-refractivity contribution in [3.63, 3.8) is 0 Å². The zero-order valence-electron chi connectivity index (χ0n) is 10.4. The molecule has 0 aliphatic heterocycles. The van der Waals surface area contributed by atoms with E-state index in [0.717, 1.165) is 30.8 Å². The molecule has 17 heavy (non-hydrogen) atoms. The lowest BCUT2D eigenvalue weighted by molar-refractivity contribution is 0.582. The van der Waals surface area contributed by atoms with Crippen LogP contribution in [0.2, 0.25) is 0 Å². The van der Waals surface area contributed by atoms with Crippen molar-refractivity contribution in [3.8, 4) is 0 Å². The van der Waals surface area contributed by atoms with Crippen molar-refractivity contribution in [1.29, 1.82) is 0 Å². The molecule has 0 spiro atoms. The molecule has 2 rings (SSSR count). The summed E-state index contributed by atoms with van der Waals surface area (Å²) in [6, 6.07) is 2.11. The molecule has 2 aromatic heterocycles. The van der Waals surface area contributed by atoms with Crippen molar-refractivity contribution >= 4 is 0 Å². The van der Waals surface area contributed by atoms with Crippen LogP contribution in [0.15, 0.2) is 24.8 Å². The highest BCUT2D eigenvalue weighted by Crippen LogP contribution is 2.13. The van der Waals surface area contributed by atoms with Crippen molar-refractivity contribution in [2.24, 2.45) is 12.8 Å². The third-order valence-corrected chi connectivity index (χ3v) is 2.94. The smallest absolute Gasteiger partial charge is 0.0948 e. The van der Waals surface area contributed by atoms with Gasteiger partial charge in [-0.1, -0.05) is 6.92 Å². The summed E-state index contributed by atoms with van der Waals surface area (Å²) in [5.74, 6) is 0. The minimum atomic E-state index is 0.0706. The number of hydrogen-bond acceptors (Lipinski definition) is 3. The van der Waals surface area contributed by atoms with Crippen molar-refractivity contribution < 1.29 is 0 Å². The van der Waals surface area contributed by atoms with Gasteiger partial charge in [-0.15, -0.1) is 0 Å². The lowest BCUT2D eigenvalue weighted by Gasteiger charge is -2.12. The highest BCUT2D eigenvalue weighted by atomic mass is 15.2. The van der Waals surface area contributed by atoms with Gasteiger partial charge in [-0.3, -0.25) is 4.68 Å². The van der Waals surface area contributed by atoms with Gasteiger partial charge in [0.05, 0.1) is 17.7 Å². The molecule has 1 atom stereocenters. The van der Waals surface area contributed by atoms with Crippen LogP contribution in [-0.4, -0.2) is 19.3 Å². The molecule has 92 valence electrons. The van der Waals surface area contributed by atoms with Gasteiger partial charge in [0, 0.05) is 38.4 Å². The fourth-order valence-corrected chi connectivity index (χ4v) is 1.87. The third kappa shape index (κ3) is 2.74. The SMILES string of the molecule is CC[C@@H](N)c1cncn1CCc1ccn(C)n1. The summed E-state index contributed by atoms with van der Waals surface area (Å²) in [5.41, 5.74) is 8.23. The average Bonchev–Trinajstić information content (AvgIpc) is 2.94. The maximum atomic E-state index is 6.03. The average molecular weight is 233 g/mol. The maximum Gasteiger partial charge on any atom is 0.0948 e. The normalized spacial score (nSPS) is 12.9. The third-order valence-electron chi connectivity index (χ3n) is 2.94. The molecule has 0 aromatic carbocycles. The van der Waals surface area contributed by atoms with Crippen LogP contribution in [0.25, 0.3) is 0 Å². The quantitative estimate of drug-likeness (QED) is 0.846. The van der Waals surface area contributed by atoms with Gasteiger partial charge in [0.15, 0.2) is 0 Å². The summed E-state index contributed by atoms with van der Waals surface area (Å²) in [7, 11) is 1.93. The second kappa shape index (κ2) is 5.14. The molecule has 0 aliphatic carbocycles. The van der Waals surface area contributed by atoms with Crippen LogP contribution in [0.5, 0.6) is 0 Å². The van der Waals surface area contributed by atoms with E-state index < -0.39 is 0 Å². The van der Waals surface area contributed by atoms with E-state index in [2.05, 4.69) is 21.6 Å².